The molecule has 0 spiro atoms. The molecule has 0 aromatic carbocycles. The number of hydrogen-bond donors (Lipinski definition) is 2. The number of likely N-dealkylation sites (tertiary alicyclic amines) is 1. The van der Waals surface area contributed by atoms with Gasteiger partial charge in [0.25, 0.3) is 0 Å². The molecule has 3 aromatic rings. The summed E-state index contributed by atoms with van der Waals surface area (Å²) >= 11 is 0. The second-order valence-electron chi connectivity index (χ2n) is 10.8. The van der Waals surface area contributed by atoms with Crippen LogP contribution in [0, 0.1) is 17.1 Å². The van der Waals surface area contributed by atoms with Gasteiger partial charge in [-0.1, -0.05) is 0 Å². The lowest BCUT2D eigenvalue weighted by molar-refractivity contribution is 0.0206. The molecule has 1 saturated heterocycles. The maximum absolute atomic E-state index is 15.2. The summed E-state index contributed by atoms with van der Waals surface area (Å²) in [5, 5.41) is 27.9. The SMILES string of the molecule is COc1cc2ncc(-c3nc(N[C@@H]4CCCN(C(=O)OC(C)(C)C)C4)c(C#N)cc3F)n2nc1C(C)(C)O. The van der Waals surface area contributed by atoms with Gasteiger partial charge in [-0.25, -0.2) is 23.7 Å². The Morgan fingerprint density at radius 1 is 1.29 bits per heavy atom. The van der Waals surface area contributed by atoms with Crippen LogP contribution in [0.2, 0.25) is 0 Å². The van der Waals surface area contributed by atoms with E-state index in [-0.39, 0.29) is 34.5 Å². The number of nitrogens with zero attached hydrogens (tertiary/aromatic N) is 6. The number of carbonyl (C=O) groups is 1. The van der Waals surface area contributed by atoms with E-state index in [2.05, 4.69) is 20.4 Å². The van der Waals surface area contributed by atoms with Crippen molar-refractivity contribution in [2.45, 2.75) is 64.7 Å². The number of pyridine rings is 1. The van der Waals surface area contributed by atoms with Gasteiger partial charge in [0, 0.05) is 25.2 Å². The Labute approximate surface area is 220 Å². The van der Waals surface area contributed by atoms with Gasteiger partial charge in [0.15, 0.2) is 11.5 Å². The third-order valence-corrected chi connectivity index (χ3v) is 6.01. The van der Waals surface area contributed by atoms with Crippen molar-refractivity contribution in [3.8, 4) is 23.2 Å². The minimum Gasteiger partial charge on any atom is -0.495 e. The van der Waals surface area contributed by atoms with Gasteiger partial charge in [0.05, 0.1) is 18.9 Å². The van der Waals surface area contributed by atoms with Crippen molar-refractivity contribution >= 4 is 17.6 Å². The quantitative estimate of drug-likeness (QED) is 0.509. The summed E-state index contributed by atoms with van der Waals surface area (Å²) in [6.07, 6.45) is 2.46. The van der Waals surface area contributed by atoms with E-state index in [0.29, 0.717) is 24.5 Å². The molecule has 0 saturated carbocycles. The number of halogens is 1. The summed E-state index contributed by atoms with van der Waals surface area (Å²) in [4.78, 5) is 22.9. The lowest BCUT2D eigenvalue weighted by Crippen LogP contribution is -2.47. The fourth-order valence-corrected chi connectivity index (χ4v) is 4.28. The van der Waals surface area contributed by atoms with E-state index < -0.39 is 23.1 Å². The van der Waals surface area contributed by atoms with Crippen LogP contribution in [0.25, 0.3) is 17.0 Å². The number of carbonyl (C=O) groups excluding carboxylic acids is 1. The highest BCUT2D eigenvalue weighted by atomic mass is 19.1. The number of hydrogen-bond acceptors (Lipinski definition) is 9. The number of methoxy groups -OCH3 is 1. The van der Waals surface area contributed by atoms with Crippen LogP contribution >= 0.6 is 0 Å². The number of aromatic nitrogens is 4. The third kappa shape index (κ3) is 5.62. The predicted molar refractivity (Wildman–Crippen MR) is 137 cm³/mol. The van der Waals surface area contributed by atoms with Gasteiger partial charge >= 0.3 is 6.09 Å². The number of ether oxygens (including phenoxy) is 2. The molecule has 0 unspecified atom stereocenters. The minimum atomic E-state index is -1.34. The fourth-order valence-electron chi connectivity index (χ4n) is 4.28. The first kappa shape index (κ1) is 27.1. The normalized spacial score (nSPS) is 16.3. The number of anilines is 1. The van der Waals surface area contributed by atoms with E-state index >= 15 is 4.39 Å². The summed E-state index contributed by atoms with van der Waals surface area (Å²) in [6.45, 7) is 9.46. The second kappa shape index (κ2) is 10.1. The summed E-state index contributed by atoms with van der Waals surface area (Å²) in [5.74, 6) is -0.203. The molecular weight excluding hydrogens is 493 g/mol. The number of rotatable bonds is 5. The zero-order valence-corrected chi connectivity index (χ0v) is 22.4. The second-order valence-corrected chi connectivity index (χ2v) is 10.8. The molecule has 202 valence electrons. The summed E-state index contributed by atoms with van der Waals surface area (Å²) in [7, 11) is 1.46. The molecule has 4 rings (SSSR count). The standard InChI is InChI=1S/C26H32FN7O4/c1-25(2,3)38-24(35)33-9-7-8-16(14-33)30-23-15(12-28)10-17(27)21(31-23)18-13-29-20-11-19(37-6)22(26(4,5)36)32-34(18)20/h10-11,13,16,36H,7-9,14H2,1-6H3,(H,30,31)/t16-/m1/s1. The van der Waals surface area contributed by atoms with Crippen molar-refractivity contribution in [3.05, 3.63) is 35.4 Å². The molecule has 1 aliphatic heterocycles. The van der Waals surface area contributed by atoms with Crippen LogP contribution in [0.1, 0.15) is 58.7 Å². The van der Waals surface area contributed by atoms with Crippen LogP contribution in [0.15, 0.2) is 18.3 Å². The first-order valence-electron chi connectivity index (χ1n) is 12.3. The number of nitriles is 1. The van der Waals surface area contributed by atoms with Crippen molar-refractivity contribution < 1.29 is 23.8 Å². The lowest BCUT2D eigenvalue weighted by Gasteiger charge is -2.34. The Morgan fingerprint density at radius 2 is 2.03 bits per heavy atom. The molecule has 1 fully saturated rings. The number of aliphatic hydroxyl groups is 1. The third-order valence-electron chi connectivity index (χ3n) is 6.01. The van der Waals surface area contributed by atoms with Crippen LogP contribution in [0.5, 0.6) is 5.75 Å². The first-order valence-corrected chi connectivity index (χ1v) is 12.3. The lowest BCUT2D eigenvalue weighted by atomic mass is 10.0. The maximum Gasteiger partial charge on any atom is 0.410 e. The van der Waals surface area contributed by atoms with E-state index in [1.54, 1.807) is 24.8 Å². The number of imidazole rings is 1. The van der Waals surface area contributed by atoms with Crippen molar-refractivity contribution in [1.82, 2.24) is 24.5 Å². The van der Waals surface area contributed by atoms with Crippen molar-refractivity contribution in [2.75, 3.05) is 25.5 Å². The van der Waals surface area contributed by atoms with Gasteiger partial charge in [-0.3, -0.25) is 0 Å². The summed E-state index contributed by atoms with van der Waals surface area (Å²) < 4.78 is 27.5. The van der Waals surface area contributed by atoms with Crippen LogP contribution in [-0.4, -0.2) is 67.5 Å². The molecule has 0 aliphatic carbocycles. The molecule has 2 N–H and O–H groups in total. The molecule has 38 heavy (non-hydrogen) atoms. The Hall–Kier alpha value is -3.98. The van der Waals surface area contributed by atoms with Crippen LogP contribution in [0.4, 0.5) is 15.0 Å². The Morgan fingerprint density at radius 3 is 2.66 bits per heavy atom. The van der Waals surface area contributed by atoms with Gasteiger partial charge in [-0.15, -0.1) is 0 Å². The zero-order chi connectivity index (χ0) is 27.8. The number of piperidine rings is 1. The van der Waals surface area contributed by atoms with E-state index in [0.717, 1.165) is 18.9 Å². The van der Waals surface area contributed by atoms with Gasteiger partial charge < -0.3 is 24.8 Å². The molecule has 0 radical (unpaired) electrons. The topological polar surface area (TPSA) is 138 Å². The average molecular weight is 526 g/mol. The fraction of sp³-hybridized carbons (Fsp3) is 0.500. The number of amides is 1. The Balaban J connectivity index is 1.69. The highest BCUT2D eigenvalue weighted by Gasteiger charge is 2.29. The van der Waals surface area contributed by atoms with Crippen molar-refractivity contribution in [3.63, 3.8) is 0 Å². The largest absolute Gasteiger partial charge is 0.495 e. The highest BCUT2D eigenvalue weighted by Crippen LogP contribution is 2.32. The number of nitrogens with one attached hydrogen (secondary N) is 1. The maximum atomic E-state index is 15.2. The Bertz CT molecular complexity index is 1400. The predicted octanol–water partition coefficient (Wildman–Crippen LogP) is 3.85. The van der Waals surface area contributed by atoms with Gasteiger partial charge in [-0.05, 0) is 53.5 Å². The van der Waals surface area contributed by atoms with E-state index in [9.17, 15) is 15.2 Å². The molecule has 0 bridgehead atoms. The highest BCUT2D eigenvalue weighted by molar-refractivity contribution is 5.69. The molecule has 1 aliphatic rings. The molecule has 3 aromatic heterocycles. The van der Waals surface area contributed by atoms with Gasteiger partial charge in [0.2, 0.25) is 0 Å². The first-order chi connectivity index (χ1) is 17.8. The molecular formula is C26H32FN7O4. The van der Waals surface area contributed by atoms with Crippen LogP contribution < -0.4 is 10.1 Å². The monoisotopic (exact) mass is 525 g/mol. The van der Waals surface area contributed by atoms with Crippen LogP contribution in [0.3, 0.4) is 0 Å². The summed E-state index contributed by atoms with van der Waals surface area (Å²) in [5.41, 5.74) is -1.16. The van der Waals surface area contributed by atoms with Crippen molar-refractivity contribution in [1.29, 1.82) is 5.26 Å². The van der Waals surface area contributed by atoms with Crippen molar-refractivity contribution in [2.24, 2.45) is 0 Å². The Kier molecular flexibility index (Phi) is 7.16. The molecule has 4 heterocycles. The minimum absolute atomic E-state index is 0.0290. The van der Waals surface area contributed by atoms with E-state index in [1.807, 2.05) is 26.8 Å². The molecule has 1 atom stereocenters. The smallest absolute Gasteiger partial charge is 0.410 e. The van der Waals surface area contributed by atoms with E-state index in [4.69, 9.17) is 9.47 Å². The average Bonchev–Trinajstić information content (AvgIpc) is 3.25. The molecule has 11 nitrogen and oxygen atoms in total. The van der Waals surface area contributed by atoms with Gasteiger partial charge in [-0.2, -0.15) is 10.4 Å². The number of fused-ring (bicyclic) bond motifs is 1. The molecule has 12 heteroatoms. The van der Waals surface area contributed by atoms with E-state index in [1.165, 1.54) is 17.8 Å². The zero-order valence-electron chi connectivity index (χ0n) is 22.4. The van der Waals surface area contributed by atoms with Gasteiger partial charge in [0.1, 0.15) is 45.9 Å². The summed E-state index contributed by atoms with van der Waals surface area (Å²) in [6, 6.07) is 4.47. The van der Waals surface area contributed by atoms with Crippen LogP contribution in [-0.2, 0) is 10.3 Å². The molecule has 1 amide bonds.